The molecule has 0 bridgehead atoms. The summed E-state index contributed by atoms with van der Waals surface area (Å²) in [4.78, 5) is 10.7. The van der Waals surface area contributed by atoms with Crippen LogP contribution in [0.15, 0.2) is 23.6 Å². The van der Waals surface area contributed by atoms with E-state index in [1.807, 2.05) is 13.8 Å². The number of nitrogens with one attached hydrogen (secondary N) is 1. The number of thiophene rings is 1. The van der Waals surface area contributed by atoms with Gasteiger partial charge < -0.3 is 9.84 Å². The molecule has 0 aliphatic heterocycles. The number of fused-ring (bicyclic) bond motifs is 1. The van der Waals surface area contributed by atoms with Gasteiger partial charge in [0.05, 0.1) is 23.2 Å². The van der Waals surface area contributed by atoms with E-state index in [1.165, 1.54) is 11.2 Å². The SMILES string of the molecule is CCOc1cc(/C=N/Nc2ncnc3sc(C)c(C)c23)cc(Cl)c1O. The third-order valence-electron chi connectivity index (χ3n) is 3.70. The molecule has 0 amide bonds. The molecule has 0 atom stereocenters. The molecule has 1 aromatic carbocycles. The summed E-state index contributed by atoms with van der Waals surface area (Å²) in [6.07, 6.45) is 3.11. The molecule has 8 heteroatoms. The van der Waals surface area contributed by atoms with Crippen LogP contribution in [0.25, 0.3) is 10.2 Å². The Kier molecular flexibility index (Phi) is 5.06. The van der Waals surface area contributed by atoms with Crippen LogP contribution >= 0.6 is 22.9 Å². The van der Waals surface area contributed by atoms with Crippen molar-refractivity contribution in [3.63, 3.8) is 0 Å². The summed E-state index contributed by atoms with van der Waals surface area (Å²) in [5.74, 6) is 0.902. The molecule has 0 aliphatic rings. The van der Waals surface area contributed by atoms with Gasteiger partial charge in [0.1, 0.15) is 11.2 Å². The Morgan fingerprint density at radius 3 is 2.92 bits per heavy atom. The van der Waals surface area contributed by atoms with Gasteiger partial charge in [-0.15, -0.1) is 11.3 Å². The molecule has 0 aliphatic carbocycles. The zero-order valence-electron chi connectivity index (χ0n) is 14.0. The Morgan fingerprint density at radius 2 is 2.16 bits per heavy atom. The van der Waals surface area contributed by atoms with Crippen LogP contribution < -0.4 is 10.2 Å². The normalized spacial score (nSPS) is 11.4. The molecule has 0 radical (unpaired) electrons. The monoisotopic (exact) mass is 376 g/mol. The topological polar surface area (TPSA) is 79.6 Å². The number of hydrazone groups is 1. The Bertz CT molecular complexity index is 955. The number of hydrogen-bond acceptors (Lipinski definition) is 7. The van der Waals surface area contributed by atoms with Gasteiger partial charge in [0.15, 0.2) is 17.3 Å². The summed E-state index contributed by atoms with van der Waals surface area (Å²) in [7, 11) is 0. The molecule has 0 unspecified atom stereocenters. The summed E-state index contributed by atoms with van der Waals surface area (Å²) < 4.78 is 5.36. The van der Waals surface area contributed by atoms with Crippen molar-refractivity contribution in [3.8, 4) is 11.5 Å². The van der Waals surface area contributed by atoms with Gasteiger partial charge in [-0.1, -0.05) is 11.6 Å². The number of anilines is 1. The van der Waals surface area contributed by atoms with Crippen LogP contribution in [0.4, 0.5) is 5.82 Å². The van der Waals surface area contributed by atoms with Crippen LogP contribution in [0.1, 0.15) is 22.9 Å². The van der Waals surface area contributed by atoms with Crippen molar-refractivity contribution >= 4 is 45.2 Å². The van der Waals surface area contributed by atoms with E-state index in [1.54, 1.807) is 29.7 Å². The van der Waals surface area contributed by atoms with E-state index in [2.05, 4.69) is 27.4 Å². The minimum atomic E-state index is -0.0736. The second kappa shape index (κ2) is 7.25. The van der Waals surface area contributed by atoms with E-state index in [-0.39, 0.29) is 10.8 Å². The molecule has 2 heterocycles. The standard InChI is InChI=1S/C17H17ClN4O2S/c1-4-24-13-6-11(5-12(18)15(13)23)7-21-22-16-14-9(2)10(3)25-17(14)20-8-19-16/h5-8,23H,4H2,1-3H3,(H,19,20,22)/b21-7+. The number of rotatable bonds is 5. The highest BCUT2D eigenvalue weighted by atomic mass is 35.5. The summed E-state index contributed by atoms with van der Waals surface area (Å²) in [6.45, 7) is 6.36. The number of phenolic OH excluding ortho intramolecular Hbond substituents is 1. The fourth-order valence-electron chi connectivity index (χ4n) is 2.37. The number of nitrogens with zero attached hydrogens (tertiary/aromatic N) is 3. The molecular weight excluding hydrogens is 360 g/mol. The van der Waals surface area contributed by atoms with Gasteiger partial charge in [-0.05, 0) is 44.0 Å². The fourth-order valence-corrected chi connectivity index (χ4v) is 3.58. The summed E-state index contributed by atoms with van der Waals surface area (Å²) >= 11 is 7.65. The molecule has 0 saturated carbocycles. The van der Waals surface area contributed by atoms with Crippen LogP contribution in [0.2, 0.25) is 5.02 Å². The van der Waals surface area contributed by atoms with Crippen molar-refractivity contribution in [2.45, 2.75) is 20.8 Å². The Labute approximate surface area is 154 Å². The highest BCUT2D eigenvalue weighted by Crippen LogP contribution is 2.35. The first-order chi connectivity index (χ1) is 12.0. The fraction of sp³-hybridized carbons (Fsp3) is 0.235. The summed E-state index contributed by atoms with van der Waals surface area (Å²) in [5.41, 5.74) is 4.79. The van der Waals surface area contributed by atoms with Gasteiger partial charge in [-0.25, -0.2) is 9.97 Å². The average Bonchev–Trinajstić information content (AvgIpc) is 2.88. The number of phenols is 1. The van der Waals surface area contributed by atoms with Gasteiger partial charge >= 0.3 is 0 Å². The molecule has 0 fully saturated rings. The molecule has 0 spiro atoms. The number of aryl methyl sites for hydroxylation is 2. The van der Waals surface area contributed by atoms with Crippen LogP contribution in [0, 0.1) is 13.8 Å². The molecular formula is C17H17ClN4O2S. The van der Waals surface area contributed by atoms with E-state index in [0.29, 0.717) is 23.7 Å². The second-order valence-corrected chi connectivity index (χ2v) is 6.95. The maximum Gasteiger partial charge on any atom is 0.176 e. The molecule has 25 heavy (non-hydrogen) atoms. The van der Waals surface area contributed by atoms with Crippen molar-refractivity contribution in [2.24, 2.45) is 5.10 Å². The lowest BCUT2D eigenvalue weighted by Gasteiger charge is -2.08. The molecule has 6 nitrogen and oxygen atoms in total. The predicted molar refractivity (Wildman–Crippen MR) is 102 cm³/mol. The van der Waals surface area contributed by atoms with Crippen molar-refractivity contribution < 1.29 is 9.84 Å². The first-order valence-electron chi connectivity index (χ1n) is 7.66. The number of benzene rings is 1. The minimum absolute atomic E-state index is 0.0736. The van der Waals surface area contributed by atoms with Crippen molar-refractivity contribution in [1.82, 2.24) is 9.97 Å². The second-order valence-electron chi connectivity index (χ2n) is 5.34. The van der Waals surface area contributed by atoms with Crippen LogP contribution in [0.5, 0.6) is 11.5 Å². The van der Waals surface area contributed by atoms with Crippen molar-refractivity contribution in [1.29, 1.82) is 0 Å². The van der Waals surface area contributed by atoms with Crippen molar-refractivity contribution in [3.05, 3.63) is 39.5 Å². The lowest BCUT2D eigenvalue weighted by molar-refractivity contribution is 0.318. The maximum atomic E-state index is 9.87. The lowest BCUT2D eigenvalue weighted by Crippen LogP contribution is -1.97. The molecule has 2 aromatic heterocycles. The number of aromatic hydroxyl groups is 1. The van der Waals surface area contributed by atoms with E-state index in [9.17, 15) is 5.11 Å². The third kappa shape index (κ3) is 3.52. The van der Waals surface area contributed by atoms with Gasteiger partial charge in [-0.3, -0.25) is 5.43 Å². The van der Waals surface area contributed by atoms with E-state index >= 15 is 0 Å². The van der Waals surface area contributed by atoms with Gasteiger partial charge in [0.2, 0.25) is 0 Å². The van der Waals surface area contributed by atoms with Crippen LogP contribution in [-0.2, 0) is 0 Å². The number of aromatic nitrogens is 2. The van der Waals surface area contributed by atoms with Crippen molar-refractivity contribution in [2.75, 3.05) is 12.0 Å². The number of ether oxygens (including phenoxy) is 1. The lowest BCUT2D eigenvalue weighted by atomic mass is 10.2. The van der Waals surface area contributed by atoms with Crippen LogP contribution in [0.3, 0.4) is 0 Å². The predicted octanol–water partition coefficient (Wildman–Crippen LogP) is 4.51. The Hall–Kier alpha value is -2.38. The molecule has 3 aromatic rings. The minimum Gasteiger partial charge on any atom is -0.503 e. The summed E-state index contributed by atoms with van der Waals surface area (Å²) in [6, 6.07) is 3.28. The highest BCUT2D eigenvalue weighted by molar-refractivity contribution is 7.18. The highest BCUT2D eigenvalue weighted by Gasteiger charge is 2.11. The van der Waals surface area contributed by atoms with Gasteiger partial charge in [-0.2, -0.15) is 5.10 Å². The molecule has 0 saturated heterocycles. The Morgan fingerprint density at radius 1 is 1.36 bits per heavy atom. The third-order valence-corrected chi connectivity index (χ3v) is 5.10. The molecule has 2 N–H and O–H groups in total. The largest absolute Gasteiger partial charge is 0.503 e. The average molecular weight is 377 g/mol. The zero-order chi connectivity index (χ0) is 18.0. The van der Waals surface area contributed by atoms with E-state index in [0.717, 1.165) is 15.8 Å². The zero-order valence-corrected chi connectivity index (χ0v) is 15.6. The summed E-state index contributed by atoms with van der Waals surface area (Å²) in [5, 5.41) is 15.3. The van der Waals surface area contributed by atoms with Crippen LogP contribution in [-0.4, -0.2) is 27.9 Å². The van der Waals surface area contributed by atoms with E-state index < -0.39 is 0 Å². The van der Waals surface area contributed by atoms with E-state index in [4.69, 9.17) is 16.3 Å². The van der Waals surface area contributed by atoms with Gasteiger partial charge in [0, 0.05) is 4.88 Å². The maximum absolute atomic E-state index is 9.87. The Balaban J connectivity index is 1.87. The number of hydrogen-bond donors (Lipinski definition) is 2. The first kappa shape index (κ1) is 17.4. The smallest absolute Gasteiger partial charge is 0.176 e. The van der Waals surface area contributed by atoms with Gasteiger partial charge in [0.25, 0.3) is 0 Å². The molecule has 130 valence electrons. The first-order valence-corrected chi connectivity index (χ1v) is 8.85. The number of halogens is 1. The quantitative estimate of drug-likeness (QED) is 0.505. The molecule has 3 rings (SSSR count).